The fourth-order valence-electron chi connectivity index (χ4n) is 5.01. The van der Waals surface area contributed by atoms with Gasteiger partial charge < -0.3 is 9.47 Å². The lowest BCUT2D eigenvalue weighted by Crippen LogP contribution is -2.29. The van der Waals surface area contributed by atoms with Crippen LogP contribution in [0, 0.1) is 0 Å². The number of hydrazone groups is 1. The molecular weight excluding hydrogens is 548 g/mol. The quantitative estimate of drug-likeness (QED) is 0.170. The van der Waals surface area contributed by atoms with Crippen molar-refractivity contribution >= 4 is 34.3 Å². The number of fused-ring (bicyclic) bond motifs is 1. The first kappa shape index (κ1) is 27.3. The second-order valence-electron chi connectivity index (χ2n) is 9.69. The van der Waals surface area contributed by atoms with Crippen LogP contribution in [0.4, 0.5) is 0 Å². The highest BCUT2D eigenvalue weighted by molar-refractivity contribution is 7.99. The van der Waals surface area contributed by atoms with Gasteiger partial charge in [-0.25, -0.2) is 9.99 Å². The van der Waals surface area contributed by atoms with E-state index in [-0.39, 0.29) is 23.3 Å². The summed E-state index contributed by atoms with van der Waals surface area (Å²) in [7, 11) is 3.20. The van der Waals surface area contributed by atoms with Crippen molar-refractivity contribution in [3.05, 3.63) is 125 Å². The molecule has 1 aromatic heterocycles. The zero-order valence-electron chi connectivity index (χ0n) is 23.1. The fourth-order valence-corrected chi connectivity index (χ4v) is 5.88. The van der Waals surface area contributed by atoms with Gasteiger partial charge in [-0.3, -0.25) is 14.2 Å². The molecule has 1 aliphatic rings. The third-order valence-corrected chi connectivity index (χ3v) is 8.08. The maximum Gasteiger partial charge on any atom is 0.266 e. The Morgan fingerprint density at radius 3 is 2.38 bits per heavy atom. The maximum atomic E-state index is 13.8. The van der Waals surface area contributed by atoms with E-state index in [0.29, 0.717) is 33.9 Å². The lowest BCUT2D eigenvalue weighted by molar-refractivity contribution is -0.130. The largest absolute Gasteiger partial charge is 0.497 e. The van der Waals surface area contributed by atoms with Crippen LogP contribution in [0.2, 0.25) is 0 Å². The molecule has 2 heterocycles. The van der Waals surface area contributed by atoms with E-state index in [0.717, 1.165) is 22.6 Å². The minimum atomic E-state index is -0.274. The Kier molecular flexibility index (Phi) is 7.74. The third kappa shape index (κ3) is 5.38. The van der Waals surface area contributed by atoms with Gasteiger partial charge >= 0.3 is 0 Å². The first-order valence-electron chi connectivity index (χ1n) is 13.4. The molecule has 1 atom stereocenters. The molecule has 210 valence electrons. The molecule has 0 fully saturated rings. The normalized spacial score (nSPS) is 14.6. The molecule has 0 aliphatic carbocycles. The zero-order chi connectivity index (χ0) is 29.1. The molecule has 6 rings (SSSR count). The molecule has 1 aliphatic heterocycles. The molecule has 0 saturated heterocycles. The third-order valence-electron chi connectivity index (χ3n) is 7.15. The Hall–Kier alpha value is -4.89. The number of para-hydroxylation sites is 1. The van der Waals surface area contributed by atoms with Crippen molar-refractivity contribution in [3.8, 4) is 17.2 Å². The fraction of sp³-hybridized carbons (Fsp3) is 0.152. The Balaban J connectivity index is 1.35. The summed E-state index contributed by atoms with van der Waals surface area (Å²) in [5.74, 6) is 1.20. The number of ether oxygens (including phenoxy) is 2. The van der Waals surface area contributed by atoms with Crippen molar-refractivity contribution in [2.75, 3.05) is 20.0 Å². The van der Waals surface area contributed by atoms with E-state index >= 15 is 0 Å². The molecule has 0 saturated carbocycles. The van der Waals surface area contributed by atoms with Crippen LogP contribution in [0.15, 0.2) is 118 Å². The maximum absolute atomic E-state index is 13.8. The molecule has 42 heavy (non-hydrogen) atoms. The molecule has 4 aromatic carbocycles. The SMILES string of the molecule is COc1ccc([C@H]2CC(c3ccccc3)=NN2C(=O)CSc2nc3ccccc3c(=O)n2-c2cccc(OC)c2)cc1. The second kappa shape index (κ2) is 11.9. The summed E-state index contributed by atoms with van der Waals surface area (Å²) in [4.78, 5) is 32.3. The summed E-state index contributed by atoms with van der Waals surface area (Å²) in [5, 5.41) is 7.26. The van der Waals surface area contributed by atoms with Crippen molar-refractivity contribution < 1.29 is 14.3 Å². The molecule has 9 heteroatoms. The molecule has 8 nitrogen and oxygen atoms in total. The van der Waals surface area contributed by atoms with E-state index in [1.54, 1.807) is 37.4 Å². The summed E-state index contributed by atoms with van der Waals surface area (Å²) < 4.78 is 12.3. The van der Waals surface area contributed by atoms with Crippen LogP contribution >= 0.6 is 11.8 Å². The highest BCUT2D eigenvalue weighted by Gasteiger charge is 2.33. The van der Waals surface area contributed by atoms with Crippen LogP contribution in [-0.4, -0.2) is 46.2 Å². The number of amides is 1. The molecule has 5 aromatic rings. The first-order valence-corrected chi connectivity index (χ1v) is 14.4. The molecule has 1 amide bonds. The number of aromatic nitrogens is 2. The van der Waals surface area contributed by atoms with Gasteiger partial charge in [0, 0.05) is 12.5 Å². The standard InChI is InChI=1S/C33H28N4O4S/c1-40-25-17-15-23(16-18-25)30-20-29(22-9-4-3-5-10-22)35-37(30)31(38)21-42-33-34-28-14-7-6-13-27(28)32(39)36(33)24-11-8-12-26(19-24)41-2/h3-19,30H,20-21H2,1-2H3/t30-/m1/s1. The lowest BCUT2D eigenvalue weighted by atomic mass is 9.98. The Morgan fingerprint density at radius 1 is 0.881 bits per heavy atom. The predicted octanol–water partition coefficient (Wildman–Crippen LogP) is 5.87. The number of hydrogen-bond donors (Lipinski definition) is 0. The number of nitrogens with zero attached hydrogens (tertiary/aromatic N) is 4. The second-order valence-corrected chi connectivity index (χ2v) is 10.6. The highest BCUT2D eigenvalue weighted by Crippen LogP contribution is 2.34. The average molecular weight is 577 g/mol. The molecule has 0 N–H and O–H groups in total. The smallest absolute Gasteiger partial charge is 0.266 e. The van der Waals surface area contributed by atoms with Gasteiger partial charge in [0.05, 0.1) is 48.3 Å². The number of carbonyl (C=O) groups excluding carboxylic acids is 1. The highest BCUT2D eigenvalue weighted by atomic mass is 32.2. The van der Waals surface area contributed by atoms with Crippen molar-refractivity contribution in [2.24, 2.45) is 5.10 Å². The molecule has 0 unspecified atom stereocenters. The van der Waals surface area contributed by atoms with Gasteiger partial charge in [-0.2, -0.15) is 5.10 Å². The van der Waals surface area contributed by atoms with Crippen molar-refractivity contribution in [3.63, 3.8) is 0 Å². The number of methoxy groups -OCH3 is 2. The first-order chi connectivity index (χ1) is 20.6. The zero-order valence-corrected chi connectivity index (χ0v) is 24.0. The van der Waals surface area contributed by atoms with Gasteiger partial charge in [0.15, 0.2) is 5.16 Å². The van der Waals surface area contributed by atoms with Gasteiger partial charge in [-0.1, -0.05) is 72.4 Å². The van der Waals surface area contributed by atoms with Crippen LogP contribution in [0.3, 0.4) is 0 Å². The van der Waals surface area contributed by atoms with Gasteiger partial charge in [-0.15, -0.1) is 0 Å². The Morgan fingerprint density at radius 2 is 1.62 bits per heavy atom. The van der Waals surface area contributed by atoms with E-state index in [9.17, 15) is 9.59 Å². The molecule has 0 bridgehead atoms. The molecule has 0 spiro atoms. The van der Waals surface area contributed by atoms with Gasteiger partial charge in [0.1, 0.15) is 11.5 Å². The Labute approximate surface area is 247 Å². The van der Waals surface area contributed by atoms with Crippen molar-refractivity contribution in [1.29, 1.82) is 0 Å². The summed E-state index contributed by atoms with van der Waals surface area (Å²) in [5.41, 5.74) is 3.73. The predicted molar refractivity (Wildman–Crippen MR) is 165 cm³/mol. The van der Waals surface area contributed by atoms with E-state index < -0.39 is 0 Å². The lowest BCUT2D eigenvalue weighted by Gasteiger charge is -2.22. The van der Waals surface area contributed by atoms with Gasteiger partial charge in [0.25, 0.3) is 11.5 Å². The molecular formula is C33H28N4O4S. The van der Waals surface area contributed by atoms with Gasteiger partial charge in [0.2, 0.25) is 0 Å². The van der Waals surface area contributed by atoms with E-state index in [2.05, 4.69) is 0 Å². The van der Waals surface area contributed by atoms with Crippen molar-refractivity contribution in [1.82, 2.24) is 14.6 Å². The van der Waals surface area contributed by atoms with Crippen LogP contribution in [-0.2, 0) is 4.79 Å². The number of carbonyl (C=O) groups is 1. The van der Waals surface area contributed by atoms with Crippen LogP contribution in [0.25, 0.3) is 16.6 Å². The Bertz CT molecular complexity index is 1840. The van der Waals surface area contributed by atoms with Crippen molar-refractivity contribution in [2.45, 2.75) is 17.6 Å². The number of benzene rings is 4. The van der Waals surface area contributed by atoms with E-state index in [1.807, 2.05) is 84.9 Å². The van der Waals surface area contributed by atoms with Crippen LogP contribution < -0.4 is 15.0 Å². The number of thioether (sulfide) groups is 1. The van der Waals surface area contributed by atoms with Gasteiger partial charge in [-0.05, 0) is 47.5 Å². The summed E-state index contributed by atoms with van der Waals surface area (Å²) >= 11 is 1.21. The monoisotopic (exact) mass is 576 g/mol. The average Bonchev–Trinajstić information content (AvgIpc) is 3.50. The van der Waals surface area contributed by atoms with Crippen LogP contribution in [0.1, 0.15) is 23.6 Å². The summed E-state index contributed by atoms with van der Waals surface area (Å²) in [6.45, 7) is 0. The van der Waals surface area contributed by atoms with E-state index in [1.165, 1.54) is 16.3 Å². The number of rotatable bonds is 8. The summed E-state index contributed by atoms with van der Waals surface area (Å²) in [6, 6.07) is 31.7. The minimum Gasteiger partial charge on any atom is -0.497 e. The number of hydrogen-bond acceptors (Lipinski definition) is 7. The summed E-state index contributed by atoms with van der Waals surface area (Å²) in [6.07, 6.45) is 0.579. The molecule has 0 radical (unpaired) electrons. The minimum absolute atomic E-state index is 0.0347. The topological polar surface area (TPSA) is 86.0 Å². The van der Waals surface area contributed by atoms with Crippen LogP contribution in [0.5, 0.6) is 11.5 Å². The van der Waals surface area contributed by atoms with E-state index in [4.69, 9.17) is 19.6 Å².